The molecule has 19 nitrogen and oxygen atoms in total. The zero-order valence-corrected chi connectivity index (χ0v) is 31.6. The Hall–Kier alpha value is -8.48. The Morgan fingerprint density at radius 1 is 0.459 bits per heavy atom. The number of hydrogen-bond acceptors (Lipinski definition) is 14. The maximum absolute atomic E-state index is 13.3. The van der Waals surface area contributed by atoms with Crippen LogP contribution in [0.2, 0.25) is 0 Å². The third-order valence-corrected chi connectivity index (χ3v) is 8.35. The van der Waals surface area contributed by atoms with Crippen molar-refractivity contribution >= 4 is 52.9 Å². The molecule has 0 heterocycles. The zero-order chi connectivity index (χ0) is 44.1. The van der Waals surface area contributed by atoms with Crippen molar-refractivity contribution in [2.45, 2.75) is 25.7 Å². The number of carbonyl (C=O) groups is 6. The van der Waals surface area contributed by atoms with E-state index in [1.54, 1.807) is 24.3 Å². The van der Waals surface area contributed by atoms with Crippen molar-refractivity contribution in [2.75, 3.05) is 13.2 Å². The van der Waals surface area contributed by atoms with Gasteiger partial charge in [0, 0.05) is 12.1 Å². The molecule has 5 rings (SSSR count). The second-order valence-corrected chi connectivity index (χ2v) is 12.8. The van der Waals surface area contributed by atoms with Gasteiger partial charge in [-0.2, -0.15) is 10.2 Å². The zero-order valence-electron chi connectivity index (χ0n) is 31.6. The number of carboxylic acids is 4. The van der Waals surface area contributed by atoms with Gasteiger partial charge in [-0.3, -0.25) is 10.1 Å². The van der Waals surface area contributed by atoms with Crippen molar-refractivity contribution in [1.29, 1.82) is 0 Å². The first kappa shape index (κ1) is 43.6. The van der Waals surface area contributed by atoms with Crippen LogP contribution in [-0.2, 0) is 0 Å². The molecule has 0 bridgehead atoms. The van der Waals surface area contributed by atoms with E-state index in [4.69, 9.17) is 18.9 Å². The van der Waals surface area contributed by atoms with Gasteiger partial charge in [-0.25, -0.2) is 28.8 Å². The number of carboxylic acid groups (broad SMARTS) is 4. The summed E-state index contributed by atoms with van der Waals surface area (Å²) in [5.41, 5.74) is -1.54. The molecule has 0 aromatic heterocycles. The fourth-order valence-electron chi connectivity index (χ4n) is 5.36. The fraction of sp³-hybridized carbons (Fsp3) is 0.143. The van der Waals surface area contributed by atoms with Gasteiger partial charge in [0.15, 0.2) is 0 Å². The van der Waals surface area contributed by atoms with Crippen LogP contribution in [0.3, 0.4) is 0 Å². The topological polar surface area (TPSA) is 288 Å². The number of hydrogen-bond donors (Lipinski definition) is 4. The van der Waals surface area contributed by atoms with E-state index < -0.39 is 74.5 Å². The highest BCUT2D eigenvalue weighted by Gasteiger charge is 2.21. The van der Waals surface area contributed by atoms with Gasteiger partial charge < -0.3 is 39.4 Å². The van der Waals surface area contributed by atoms with Crippen molar-refractivity contribution in [3.63, 3.8) is 0 Å². The van der Waals surface area contributed by atoms with Gasteiger partial charge in [0.05, 0.1) is 62.9 Å². The number of unbranched alkanes of at least 4 members (excludes halogenated alkanes) is 3. The minimum atomic E-state index is -1.48. The van der Waals surface area contributed by atoms with Crippen molar-refractivity contribution in [2.24, 2.45) is 10.2 Å². The molecule has 312 valence electrons. The van der Waals surface area contributed by atoms with Gasteiger partial charge in [-0.1, -0.05) is 0 Å². The Labute approximate surface area is 344 Å². The summed E-state index contributed by atoms with van der Waals surface area (Å²) in [6.45, 7) is 0.530. The van der Waals surface area contributed by atoms with Crippen LogP contribution in [0.25, 0.3) is 0 Å². The van der Waals surface area contributed by atoms with E-state index in [2.05, 4.69) is 10.2 Å². The summed E-state index contributed by atoms with van der Waals surface area (Å²) in [7, 11) is 0. The third-order valence-electron chi connectivity index (χ3n) is 8.35. The molecule has 0 saturated heterocycles. The van der Waals surface area contributed by atoms with Crippen LogP contribution < -0.4 is 18.9 Å². The average Bonchev–Trinajstić information content (AvgIpc) is 3.23. The largest absolute Gasteiger partial charge is 0.494 e. The van der Waals surface area contributed by atoms with E-state index in [-0.39, 0.29) is 29.2 Å². The number of non-ortho nitro benzene ring substituents is 1. The van der Waals surface area contributed by atoms with E-state index in [0.717, 1.165) is 48.9 Å². The predicted molar refractivity (Wildman–Crippen MR) is 210 cm³/mol. The number of nitrogens with zero attached hydrogens (tertiary/aromatic N) is 3. The van der Waals surface area contributed by atoms with Crippen LogP contribution in [0, 0.1) is 10.1 Å². The smallest absolute Gasteiger partial charge is 0.343 e. The number of azo groups is 1. The van der Waals surface area contributed by atoms with Crippen LogP contribution in [-0.4, -0.2) is 74.4 Å². The summed E-state index contributed by atoms with van der Waals surface area (Å²) in [5, 5.41) is 56.6. The number of esters is 2. The van der Waals surface area contributed by atoms with Gasteiger partial charge in [-0.05, 0) is 117 Å². The second kappa shape index (κ2) is 20.3. The average molecular weight is 836 g/mol. The highest BCUT2D eigenvalue weighted by atomic mass is 16.6. The minimum Gasteiger partial charge on any atom is -0.494 e. The molecule has 0 atom stereocenters. The molecule has 0 unspecified atom stereocenters. The summed E-state index contributed by atoms with van der Waals surface area (Å²) >= 11 is 0. The quantitative estimate of drug-likeness (QED) is 0.0143. The number of nitro benzene ring substituents is 1. The lowest BCUT2D eigenvalue weighted by Crippen LogP contribution is -2.15. The van der Waals surface area contributed by atoms with Crippen molar-refractivity contribution in [3.8, 4) is 23.0 Å². The third kappa shape index (κ3) is 12.8. The van der Waals surface area contributed by atoms with Crippen LogP contribution in [0.5, 0.6) is 23.0 Å². The monoisotopic (exact) mass is 835 g/mol. The maximum Gasteiger partial charge on any atom is 0.343 e. The first-order valence-corrected chi connectivity index (χ1v) is 18.0. The number of aromatic carboxylic acids is 4. The van der Waals surface area contributed by atoms with E-state index in [1.165, 1.54) is 36.4 Å². The lowest BCUT2D eigenvalue weighted by Gasteiger charge is -2.12. The van der Waals surface area contributed by atoms with Crippen molar-refractivity contribution in [3.05, 3.63) is 147 Å². The molecule has 0 amide bonds. The Morgan fingerprint density at radius 2 is 0.803 bits per heavy atom. The van der Waals surface area contributed by atoms with Crippen molar-refractivity contribution < 1.29 is 73.1 Å². The molecule has 19 heteroatoms. The molecule has 5 aromatic carbocycles. The molecule has 0 aliphatic carbocycles. The predicted octanol–water partition coefficient (Wildman–Crippen LogP) is 8.26. The van der Waals surface area contributed by atoms with Crippen LogP contribution >= 0.6 is 0 Å². The Bertz CT molecular complexity index is 2350. The molecule has 5 aromatic rings. The Balaban J connectivity index is 1.19. The van der Waals surface area contributed by atoms with Crippen LogP contribution in [0.4, 0.5) is 17.1 Å². The van der Waals surface area contributed by atoms with Gasteiger partial charge in [0.1, 0.15) is 23.0 Å². The normalized spacial score (nSPS) is 10.8. The van der Waals surface area contributed by atoms with Crippen LogP contribution in [0.1, 0.15) is 87.8 Å². The molecule has 0 spiro atoms. The first-order valence-electron chi connectivity index (χ1n) is 18.0. The van der Waals surface area contributed by atoms with Gasteiger partial charge in [0.2, 0.25) is 0 Å². The number of nitro groups is 1. The summed E-state index contributed by atoms with van der Waals surface area (Å²) < 4.78 is 22.2. The summed E-state index contributed by atoms with van der Waals surface area (Å²) in [4.78, 5) is 83.2. The van der Waals surface area contributed by atoms with E-state index >= 15 is 0 Å². The fourth-order valence-corrected chi connectivity index (χ4v) is 5.36. The number of carbonyl (C=O) groups excluding carboxylic acids is 2. The van der Waals surface area contributed by atoms with Crippen molar-refractivity contribution in [1.82, 2.24) is 0 Å². The van der Waals surface area contributed by atoms with Gasteiger partial charge in [-0.15, -0.1) is 0 Å². The lowest BCUT2D eigenvalue weighted by molar-refractivity contribution is -0.384. The molecule has 0 saturated carbocycles. The number of benzene rings is 5. The first-order chi connectivity index (χ1) is 29.1. The highest BCUT2D eigenvalue weighted by molar-refractivity contribution is 5.99. The molecule has 61 heavy (non-hydrogen) atoms. The summed E-state index contributed by atoms with van der Waals surface area (Å²) in [6.07, 6.45) is 2.66. The standard InChI is InChI=1S/C42H33N3O16/c46-37(47)24-15-25(38(48)49)19-35(18-24)60-41(54)28-17-29(42(55)61-36-20-26(39(50)51)16-27(21-36)40(52)53)23-34(22-28)59-14-4-2-1-3-13-58-33-11-7-31(8-12-33)44-43-30-5-9-32(10-6-30)45(56)57/h5-12,15-23H,1-4,13-14H2,(H,46,47)(H,48,49)(H,50,51)(H,52,53). The lowest BCUT2D eigenvalue weighted by atomic mass is 10.1. The molecule has 4 N–H and O–H groups in total. The Kier molecular flexibility index (Phi) is 14.5. The molecular weight excluding hydrogens is 802 g/mol. The highest BCUT2D eigenvalue weighted by Crippen LogP contribution is 2.26. The molecule has 0 radical (unpaired) electrons. The van der Waals surface area contributed by atoms with Gasteiger partial charge in [0.25, 0.3) is 5.69 Å². The molecule has 0 aliphatic heterocycles. The SMILES string of the molecule is O=C(O)c1cc(OC(=O)c2cc(OCCCCCCOc3ccc(N=Nc4ccc([N+](=O)[O-])cc4)cc3)cc(C(=O)Oc3cc(C(=O)O)cc(C(=O)O)c3)c2)cc(C(=O)O)c1. The minimum absolute atomic E-state index is 0.00326. The Morgan fingerprint density at radius 3 is 1.18 bits per heavy atom. The van der Waals surface area contributed by atoms with E-state index in [9.17, 15) is 59.3 Å². The van der Waals surface area contributed by atoms with E-state index in [1.807, 2.05) is 0 Å². The summed E-state index contributed by atoms with van der Waals surface area (Å²) in [5.74, 6) is -8.45. The summed E-state index contributed by atoms with van der Waals surface area (Å²) in [6, 6.07) is 21.5. The maximum atomic E-state index is 13.3. The number of rotatable bonds is 20. The number of ether oxygens (including phenoxy) is 4. The van der Waals surface area contributed by atoms with Gasteiger partial charge >= 0.3 is 35.8 Å². The second-order valence-electron chi connectivity index (χ2n) is 12.8. The van der Waals surface area contributed by atoms with E-state index in [0.29, 0.717) is 43.0 Å². The molecule has 0 fully saturated rings. The molecular formula is C42H33N3O16. The van der Waals surface area contributed by atoms with Crippen LogP contribution in [0.15, 0.2) is 113 Å². The molecule has 0 aliphatic rings.